The molecule has 0 bridgehead atoms. The Morgan fingerprint density at radius 2 is 2.26 bits per heavy atom. The first-order valence-electron chi connectivity index (χ1n) is 6.67. The van der Waals surface area contributed by atoms with Gasteiger partial charge < -0.3 is 10.1 Å². The van der Waals surface area contributed by atoms with Gasteiger partial charge in [0, 0.05) is 30.6 Å². The van der Waals surface area contributed by atoms with Gasteiger partial charge in [0.05, 0.1) is 11.5 Å². The topological polar surface area (TPSA) is 64.4 Å². The first-order chi connectivity index (χ1) is 9.06. The lowest BCUT2D eigenvalue weighted by molar-refractivity contribution is -0.384. The second-order valence-corrected chi connectivity index (χ2v) is 5.31. The Bertz CT molecular complexity index is 458. The van der Waals surface area contributed by atoms with E-state index in [-0.39, 0.29) is 10.6 Å². The van der Waals surface area contributed by atoms with Crippen LogP contribution in [0.4, 0.5) is 5.69 Å². The van der Waals surface area contributed by atoms with Crippen LogP contribution in [0.15, 0.2) is 18.2 Å². The summed E-state index contributed by atoms with van der Waals surface area (Å²) in [4.78, 5) is 10.3. The van der Waals surface area contributed by atoms with Crippen molar-refractivity contribution in [2.75, 3.05) is 13.2 Å². The molecule has 0 aromatic heterocycles. The molecule has 0 aliphatic heterocycles. The molecule has 1 aliphatic rings. The van der Waals surface area contributed by atoms with Gasteiger partial charge in [0.25, 0.3) is 5.69 Å². The van der Waals surface area contributed by atoms with Crippen LogP contribution < -0.4 is 10.1 Å². The average Bonchev–Trinajstić information content (AvgIpc) is 3.18. The highest BCUT2D eigenvalue weighted by Crippen LogP contribution is 2.24. The molecule has 1 N–H and O–H groups in total. The molecule has 5 nitrogen and oxygen atoms in total. The number of rotatable bonds is 7. The lowest BCUT2D eigenvalue weighted by Crippen LogP contribution is -2.26. The maximum atomic E-state index is 10.6. The van der Waals surface area contributed by atoms with E-state index >= 15 is 0 Å². The average molecular weight is 264 g/mol. The molecule has 0 radical (unpaired) electrons. The van der Waals surface area contributed by atoms with Crippen LogP contribution in [0.1, 0.15) is 25.3 Å². The fourth-order valence-corrected chi connectivity index (χ4v) is 1.86. The summed E-state index contributed by atoms with van der Waals surface area (Å²) in [5.74, 6) is 1.15. The number of nitrogens with one attached hydrogen (secondary N) is 1. The standard InChI is InChI=1S/C14H20N2O3/c1-10(8-15-12-3-4-12)9-19-14-6-5-13(16(17)18)7-11(14)2/h5-7,10,12,15H,3-4,8-9H2,1-2H3. The molecule has 0 amide bonds. The van der Waals surface area contributed by atoms with E-state index < -0.39 is 0 Å². The minimum Gasteiger partial charge on any atom is -0.493 e. The van der Waals surface area contributed by atoms with Crippen molar-refractivity contribution < 1.29 is 9.66 Å². The molecule has 1 unspecified atom stereocenters. The van der Waals surface area contributed by atoms with Crippen molar-refractivity contribution in [1.29, 1.82) is 0 Å². The Hall–Kier alpha value is -1.62. The summed E-state index contributed by atoms with van der Waals surface area (Å²) >= 11 is 0. The molecule has 2 rings (SSSR count). The minimum atomic E-state index is -0.390. The van der Waals surface area contributed by atoms with Crippen LogP contribution in [0, 0.1) is 23.0 Å². The number of nitrogens with zero attached hydrogens (tertiary/aromatic N) is 1. The number of aryl methyl sites for hydroxylation is 1. The van der Waals surface area contributed by atoms with Gasteiger partial charge in [-0.25, -0.2) is 0 Å². The zero-order chi connectivity index (χ0) is 13.8. The van der Waals surface area contributed by atoms with Gasteiger partial charge in [0.15, 0.2) is 0 Å². The smallest absolute Gasteiger partial charge is 0.269 e. The molecule has 0 saturated heterocycles. The monoisotopic (exact) mass is 264 g/mol. The molecule has 1 saturated carbocycles. The van der Waals surface area contributed by atoms with Crippen molar-refractivity contribution in [3.63, 3.8) is 0 Å². The van der Waals surface area contributed by atoms with Crippen LogP contribution in [-0.4, -0.2) is 24.1 Å². The third-order valence-electron chi connectivity index (χ3n) is 3.23. The molecule has 19 heavy (non-hydrogen) atoms. The zero-order valence-corrected chi connectivity index (χ0v) is 11.4. The predicted molar refractivity (Wildman–Crippen MR) is 73.5 cm³/mol. The minimum absolute atomic E-state index is 0.105. The summed E-state index contributed by atoms with van der Waals surface area (Å²) < 4.78 is 5.72. The van der Waals surface area contributed by atoms with E-state index in [0.717, 1.165) is 17.9 Å². The highest BCUT2D eigenvalue weighted by molar-refractivity contribution is 5.42. The molecule has 5 heteroatoms. The normalized spacial score (nSPS) is 16.1. The maximum Gasteiger partial charge on any atom is 0.269 e. The van der Waals surface area contributed by atoms with Crippen LogP contribution in [0.2, 0.25) is 0 Å². The number of hydrogen-bond acceptors (Lipinski definition) is 4. The maximum absolute atomic E-state index is 10.6. The van der Waals surface area contributed by atoms with Crippen molar-refractivity contribution in [1.82, 2.24) is 5.32 Å². The summed E-state index contributed by atoms with van der Waals surface area (Å²) in [5, 5.41) is 14.1. The fourth-order valence-electron chi connectivity index (χ4n) is 1.86. The van der Waals surface area contributed by atoms with E-state index in [2.05, 4.69) is 12.2 Å². The summed E-state index contributed by atoms with van der Waals surface area (Å²) in [6.07, 6.45) is 2.57. The van der Waals surface area contributed by atoms with E-state index in [0.29, 0.717) is 18.6 Å². The number of ether oxygens (including phenoxy) is 1. The highest BCUT2D eigenvalue weighted by atomic mass is 16.6. The zero-order valence-electron chi connectivity index (χ0n) is 11.4. The van der Waals surface area contributed by atoms with Gasteiger partial charge in [-0.3, -0.25) is 10.1 Å². The van der Waals surface area contributed by atoms with Gasteiger partial charge in [-0.1, -0.05) is 6.92 Å². The van der Waals surface area contributed by atoms with Crippen molar-refractivity contribution in [2.45, 2.75) is 32.7 Å². The Morgan fingerprint density at radius 1 is 1.53 bits per heavy atom. The summed E-state index contributed by atoms with van der Waals surface area (Å²) in [6.45, 7) is 5.54. The molecule has 1 aromatic carbocycles. The van der Waals surface area contributed by atoms with Gasteiger partial charge in [0.2, 0.25) is 0 Å². The molecule has 0 spiro atoms. The SMILES string of the molecule is Cc1cc([N+](=O)[O-])ccc1OCC(C)CNC1CC1. The fraction of sp³-hybridized carbons (Fsp3) is 0.571. The lowest BCUT2D eigenvalue weighted by atomic mass is 10.2. The van der Waals surface area contributed by atoms with E-state index in [9.17, 15) is 10.1 Å². The second kappa shape index (κ2) is 6.02. The molecule has 0 heterocycles. The van der Waals surface area contributed by atoms with E-state index in [4.69, 9.17) is 4.74 Å². The van der Waals surface area contributed by atoms with Gasteiger partial charge in [0.1, 0.15) is 5.75 Å². The molecule has 1 atom stereocenters. The first kappa shape index (κ1) is 13.8. The van der Waals surface area contributed by atoms with E-state index in [1.54, 1.807) is 12.1 Å². The van der Waals surface area contributed by atoms with Gasteiger partial charge in [-0.15, -0.1) is 0 Å². The number of hydrogen-bond donors (Lipinski definition) is 1. The van der Waals surface area contributed by atoms with Gasteiger partial charge in [-0.05, 0) is 31.4 Å². The van der Waals surface area contributed by atoms with Crippen molar-refractivity contribution >= 4 is 5.69 Å². The Morgan fingerprint density at radius 3 is 2.84 bits per heavy atom. The van der Waals surface area contributed by atoms with E-state index in [1.165, 1.54) is 18.9 Å². The highest BCUT2D eigenvalue weighted by Gasteiger charge is 2.21. The van der Waals surface area contributed by atoms with Crippen molar-refractivity contribution in [2.24, 2.45) is 5.92 Å². The Balaban J connectivity index is 1.82. The van der Waals surface area contributed by atoms with Crippen LogP contribution in [0.5, 0.6) is 5.75 Å². The quantitative estimate of drug-likeness (QED) is 0.607. The van der Waals surface area contributed by atoms with Gasteiger partial charge >= 0.3 is 0 Å². The molecule has 1 aromatic rings. The third kappa shape index (κ3) is 4.21. The molecular weight excluding hydrogens is 244 g/mol. The van der Waals surface area contributed by atoms with Crippen molar-refractivity contribution in [3.05, 3.63) is 33.9 Å². The number of nitro groups is 1. The number of benzene rings is 1. The summed E-state index contributed by atoms with van der Waals surface area (Å²) in [7, 11) is 0. The molecule has 1 fully saturated rings. The third-order valence-corrected chi connectivity index (χ3v) is 3.23. The largest absolute Gasteiger partial charge is 0.493 e. The number of nitro benzene ring substituents is 1. The summed E-state index contributed by atoms with van der Waals surface area (Å²) in [6, 6.07) is 5.41. The molecule has 1 aliphatic carbocycles. The van der Waals surface area contributed by atoms with Gasteiger partial charge in [-0.2, -0.15) is 0 Å². The van der Waals surface area contributed by atoms with E-state index in [1.807, 2.05) is 6.92 Å². The summed E-state index contributed by atoms with van der Waals surface area (Å²) in [5.41, 5.74) is 0.907. The Labute approximate surface area is 113 Å². The first-order valence-corrected chi connectivity index (χ1v) is 6.67. The second-order valence-electron chi connectivity index (χ2n) is 5.31. The van der Waals surface area contributed by atoms with Crippen LogP contribution in [0.3, 0.4) is 0 Å². The van der Waals surface area contributed by atoms with Crippen LogP contribution in [0.25, 0.3) is 0 Å². The number of non-ortho nitro benzene ring substituents is 1. The Kier molecular flexibility index (Phi) is 4.37. The molecule has 104 valence electrons. The lowest BCUT2D eigenvalue weighted by Gasteiger charge is -2.15. The molecular formula is C14H20N2O3. The van der Waals surface area contributed by atoms with Crippen molar-refractivity contribution in [3.8, 4) is 5.75 Å². The van der Waals surface area contributed by atoms with Crippen LogP contribution >= 0.6 is 0 Å². The predicted octanol–water partition coefficient (Wildman–Crippen LogP) is 2.67. The van der Waals surface area contributed by atoms with Crippen LogP contribution in [-0.2, 0) is 0 Å².